The monoisotopic (exact) mass is 227 g/mol. The summed E-state index contributed by atoms with van der Waals surface area (Å²) in [5.41, 5.74) is 0.191. The zero-order valence-electron chi connectivity index (χ0n) is 9.04. The Kier molecular flexibility index (Phi) is 3.53. The number of rotatable bonds is 3. The SMILES string of the molecule is N#CC(CCl)CC1CCC2(CCCC2)O1. The zero-order valence-corrected chi connectivity index (χ0v) is 9.80. The normalized spacial score (nSPS) is 30.5. The Morgan fingerprint density at radius 1 is 1.40 bits per heavy atom. The summed E-state index contributed by atoms with van der Waals surface area (Å²) in [6, 6.07) is 2.25. The Bertz CT molecular complexity index is 255. The van der Waals surface area contributed by atoms with Crippen molar-refractivity contribution in [3.05, 3.63) is 0 Å². The molecule has 1 heterocycles. The van der Waals surface area contributed by atoms with E-state index in [9.17, 15) is 0 Å². The van der Waals surface area contributed by atoms with E-state index >= 15 is 0 Å². The van der Waals surface area contributed by atoms with Gasteiger partial charge in [-0.2, -0.15) is 5.26 Å². The second kappa shape index (κ2) is 4.72. The predicted octanol–water partition coefficient (Wildman–Crippen LogP) is 3.25. The molecule has 0 aromatic heterocycles. The van der Waals surface area contributed by atoms with Gasteiger partial charge in [0, 0.05) is 5.88 Å². The molecule has 0 amide bonds. The summed E-state index contributed by atoms with van der Waals surface area (Å²) in [6.07, 6.45) is 8.48. The molecule has 2 atom stereocenters. The van der Waals surface area contributed by atoms with Gasteiger partial charge in [-0.05, 0) is 32.1 Å². The van der Waals surface area contributed by atoms with E-state index in [0.29, 0.717) is 5.88 Å². The molecule has 2 nitrogen and oxygen atoms in total. The van der Waals surface area contributed by atoms with Crippen LogP contribution in [0, 0.1) is 17.2 Å². The fourth-order valence-corrected chi connectivity index (χ4v) is 3.11. The van der Waals surface area contributed by atoms with Crippen molar-refractivity contribution in [3.63, 3.8) is 0 Å². The van der Waals surface area contributed by atoms with E-state index in [2.05, 4.69) is 6.07 Å². The van der Waals surface area contributed by atoms with E-state index in [1.54, 1.807) is 0 Å². The molecular weight excluding hydrogens is 210 g/mol. The summed E-state index contributed by atoms with van der Waals surface area (Å²) in [6.45, 7) is 0. The molecule has 0 N–H and O–H groups in total. The molecular formula is C12H18ClNO. The Labute approximate surface area is 96.6 Å². The summed E-state index contributed by atoms with van der Waals surface area (Å²) in [5.74, 6) is 0.400. The first-order valence-corrected chi connectivity index (χ1v) is 6.45. The molecule has 0 radical (unpaired) electrons. The molecule has 1 saturated heterocycles. The number of alkyl halides is 1. The van der Waals surface area contributed by atoms with Gasteiger partial charge >= 0.3 is 0 Å². The van der Waals surface area contributed by atoms with Crippen molar-refractivity contribution in [2.24, 2.45) is 5.92 Å². The lowest BCUT2D eigenvalue weighted by molar-refractivity contribution is -0.0413. The second-order valence-corrected chi connectivity index (χ2v) is 5.19. The number of nitriles is 1. The van der Waals surface area contributed by atoms with E-state index in [1.165, 1.54) is 32.1 Å². The molecule has 2 unspecified atom stereocenters. The minimum atomic E-state index is -0.0341. The molecule has 15 heavy (non-hydrogen) atoms. The van der Waals surface area contributed by atoms with Crippen molar-refractivity contribution in [2.75, 3.05) is 5.88 Å². The Balaban J connectivity index is 1.85. The van der Waals surface area contributed by atoms with Crippen molar-refractivity contribution < 1.29 is 4.74 Å². The molecule has 1 saturated carbocycles. The van der Waals surface area contributed by atoms with Gasteiger partial charge in [-0.1, -0.05) is 12.8 Å². The van der Waals surface area contributed by atoms with Gasteiger partial charge in [0.25, 0.3) is 0 Å². The van der Waals surface area contributed by atoms with Crippen molar-refractivity contribution in [1.82, 2.24) is 0 Å². The molecule has 84 valence electrons. The first-order chi connectivity index (χ1) is 7.28. The van der Waals surface area contributed by atoms with Crippen LogP contribution in [0.1, 0.15) is 44.9 Å². The summed E-state index contributed by atoms with van der Waals surface area (Å²) >= 11 is 5.72. The van der Waals surface area contributed by atoms with Gasteiger partial charge in [-0.25, -0.2) is 0 Å². The lowest BCUT2D eigenvalue weighted by Crippen LogP contribution is -2.25. The Hall–Kier alpha value is -0.260. The van der Waals surface area contributed by atoms with Crippen LogP contribution in [-0.2, 0) is 4.74 Å². The van der Waals surface area contributed by atoms with Crippen molar-refractivity contribution in [1.29, 1.82) is 5.26 Å². The number of hydrogen-bond acceptors (Lipinski definition) is 2. The summed E-state index contributed by atoms with van der Waals surface area (Å²) in [4.78, 5) is 0. The summed E-state index contributed by atoms with van der Waals surface area (Å²) < 4.78 is 6.13. The lowest BCUT2D eigenvalue weighted by Gasteiger charge is -2.24. The summed E-state index contributed by atoms with van der Waals surface area (Å²) in [7, 11) is 0. The van der Waals surface area contributed by atoms with Crippen molar-refractivity contribution in [2.45, 2.75) is 56.7 Å². The molecule has 0 aromatic rings. The highest BCUT2D eigenvalue weighted by Crippen LogP contribution is 2.44. The maximum absolute atomic E-state index is 8.85. The fourth-order valence-electron chi connectivity index (χ4n) is 2.92. The molecule has 3 heteroatoms. The smallest absolute Gasteiger partial charge is 0.0687 e. The number of ether oxygens (including phenoxy) is 1. The lowest BCUT2D eigenvalue weighted by atomic mass is 9.97. The molecule has 2 rings (SSSR count). The maximum Gasteiger partial charge on any atom is 0.0687 e. The minimum absolute atomic E-state index is 0.0341. The predicted molar refractivity (Wildman–Crippen MR) is 59.7 cm³/mol. The van der Waals surface area contributed by atoms with Crippen LogP contribution in [0.3, 0.4) is 0 Å². The summed E-state index contributed by atoms with van der Waals surface area (Å²) in [5, 5.41) is 8.85. The highest BCUT2D eigenvalue weighted by atomic mass is 35.5. The third-order valence-corrected chi connectivity index (χ3v) is 4.14. The molecule has 1 aliphatic carbocycles. The number of hydrogen-bond donors (Lipinski definition) is 0. The minimum Gasteiger partial charge on any atom is -0.372 e. The third kappa shape index (κ3) is 2.46. The highest BCUT2D eigenvalue weighted by molar-refractivity contribution is 6.18. The second-order valence-electron chi connectivity index (χ2n) is 4.88. The molecule has 1 aliphatic heterocycles. The van der Waals surface area contributed by atoms with Crippen molar-refractivity contribution in [3.8, 4) is 6.07 Å². The van der Waals surface area contributed by atoms with Crippen LogP contribution < -0.4 is 0 Å². The van der Waals surface area contributed by atoms with Gasteiger partial charge in [-0.15, -0.1) is 11.6 Å². The van der Waals surface area contributed by atoms with Gasteiger partial charge in [0.2, 0.25) is 0 Å². The van der Waals surface area contributed by atoms with Crippen LogP contribution in [0.5, 0.6) is 0 Å². The van der Waals surface area contributed by atoms with Gasteiger partial charge in [0.05, 0.1) is 23.7 Å². The quantitative estimate of drug-likeness (QED) is 0.694. The molecule has 0 bridgehead atoms. The largest absolute Gasteiger partial charge is 0.372 e. The van der Waals surface area contributed by atoms with Gasteiger partial charge in [0.15, 0.2) is 0 Å². The molecule has 0 aromatic carbocycles. The van der Waals surface area contributed by atoms with Gasteiger partial charge in [0.1, 0.15) is 0 Å². The van der Waals surface area contributed by atoms with E-state index in [-0.39, 0.29) is 17.6 Å². The van der Waals surface area contributed by atoms with E-state index < -0.39 is 0 Å². The number of halogens is 1. The molecule has 2 fully saturated rings. The average Bonchev–Trinajstić information content (AvgIpc) is 2.87. The fraction of sp³-hybridized carbons (Fsp3) is 0.917. The van der Waals surface area contributed by atoms with Crippen LogP contribution in [-0.4, -0.2) is 17.6 Å². The molecule has 2 aliphatic rings. The Morgan fingerprint density at radius 3 is 2.73 bits per heavy atom. The standard InChI is InChI=1S/C12H18ClNO/c13-8-10(9-14)7-11-3-6-12(15-11)4-1-2-5-12/h10-11H,1-8H2. The zero-order chi connectivity index (χ0) is 10.7. The van der Waals surface area contributed by atoms with Crippen LogP contribution in [0.25, 0.3) is 0 Å². The average molecular weight is 228 g/mol. The number of nitrogens with zero attached hydrogens (tertiary/aromatic N) is 1. The van der Waals surface area contributed by atoms with Crippen LogP contribution >= 0.6 is 11.6 Å². The van der Waals surface area contributed by atoms with Gasteiger partial charge in [-0.3, -0.25) is 0 Å². The van der Waals surface area contributed by atoms with Gasteiger partial charge < -0.3 is 4.74 Å². The van der Waals surface area contributed by atoms with Crippen LogP contribution in [0.15, 0.2) is 0 Å². The first kappa shape index (κ1) is 11.2. The van der Waals surface area contributed by atoms with E-state index in [4.69, 9.17) is 21.6 Å². The first-order valence-electron chi connectivity index (χ1n) is 5.91. The highest BCUT2D eigenvalue weighted by Gasteiger charge is 2.42. The van der Waals surface area contributed by atoms with E-state index in [0.717, 1.165) is 12.8 Å². The van der Waals surface area contributed by atoms with Crippen molar-refractivity contribution >= 4 is 11.6 Å². The Morgan fingerprint density at radius 2 is 2.13 bits per heavy atom. The van der Waals surface area contributed by atoms with Crippen LogP contribution in [0.2, 0.25) is 0 Å². The van der Waals surface area contributed by atoms with E-state index in [1.807, 2.05) is 0 Å². The maximum atomic E-state index is 8.85. The molecule has 1 spiro atoms. The third-order valence-electron chi connectivity index (χ3n) is 3.77. The topological polar surface area (TPSA) is 33.0 Å². The van der Waals surface area contributed by atoms with Crippen LogP contribution in [0.4, 0.5) is 0 Å².